The maximum atomic E-state index is 11.1. The molecule has 12 heavy (non-hydrogen) atoms. The van der Waals surface area contributed by atoms with Crippen molar-refractivity contribution < 1.29 is 14.3 Å². The molecule has 3 heteroatoms. The predicted octanol–water partition coefficient (Wildman–Crippen LogP) is 1.24. The highest BCUT2D eigenvalue weighted by Crippen LogP contribution is 2.38. The van der Waals surface area contributed by atoms with Gasteiger partial charge in [-0.1, -0.05) is 6.92 Å². The van der Waals surface area contributed by atoms with Crippen molar-refractivity contribution in [2.24, 2.45) is 5.92 Å². The third kappa shape index (κ3) is 1.05. The number of hydrogen-bond donors (Lipinski definition) is 0. The van der Waals surface area contributed by atoms with E-state index in [1.54, 1.807) is 0 Å². The van der Waals surface area contributed by atoms with Crippen LogP contribution in [-0.2, 0) is 14.3 Å². The first-order chi connectivity index (χ1) is 5.73. The van der Waals surface area contributed by atoms with Crippen LogP contribution < -0.4 is 0 Å². The van der Waals surface area contributed by atoms with Crippen molar-refractivity contribution in [2.75, 3.05) is 6.61 Å². The molecule has 0 amide bonds. The van der Waals surface area contributed by atoms with Gasteiger partial charge in [-0.25, -0.2) is 0 Å². The van der Waals surface area contributed by atoms with Crippen molar-refractivity contribution in [3.05, 3.63) is 12.3 Å². The first kappa shape index (κ1) is 7.80. The van der Waals surface area contributed by atoms with Crippen molar-refractivity contribution in [3.8, 4) is 0 Å². The number of carbonyl (C=O) groups is 1. The Balaban J connectivity index is 2.21. The molecule has 0 N–H and O–H groups in total. The predicted molar refractivity (Wildman–Crippen MR) is 42.3 cm³/mol. The summed E-state index contributed by atoms with van der Waals surface area (Å²) in [4.78, 5) is 11.1. The van der Waals surface area contributed by atoms with Crippen LogP contribution >= 0.6 is 0 Å². The van der Waals surface area contributed by atoms with Crippen LogP contribution in [0.25, 0.3) is 0 Å². The van der Waals surface area contributed by atoms with Crippen molar-refractivity contribution in [1.82, 2.24) is 0 Å². The molecule has 0 aliphatic carbocycles. The Kier molecular flexibility index (Phi) is 1.68. The zero-order valence-electron chi connectivity index (χ0n) is 7.08. The standard InChI is InChI=1S/C9H12O3/c1-7-2-4-11-9(7)6-8(10)3-5-12-9/h3,5,7H,2,4,6H2,1H3. The van der Waals surface area contributed by atoms with Gasteiger partial charge in [0, 0.05) is 12.0 Å². The second-order valence-electron chi connectivity index (χ2n) is 3.41. The minimum Gasteiger partial charge on any atom is -0.469 e. The highest BCUT2D eigenvalue weighted by Gasteiger charge is 2.46. The van der Waals surface area contributed by atoms with E-state index in [-0.39, 0.29) is 5.78 Å². The van der Waals surface area contributed by atoms with E-state index in [0.717, 1.165) is 6.42 Å². The monoisotopic (exact) mass is 168 g/mol. The number of hydrogen-bond acceptors (Lipinski definition) is 3. The molecule has 1 spiro atoms. The molecular formula is C9H12O3. The summed E-state index contributed by atoms with van der Waals surface area (Å²) in [6.07, 6.45) is 4.25. The molecule has 2 aliphatic rings. The molecule has 2 rings (SSSR count). The fraction of sp³-hybridized carbons (Fsp3) is 0.667. The molecule has 2 aliphatic heterocycles. The van der Waals surface area contributed by atoms with E-state index in [1.807, 2.05) is 0 Å². The van der Waals surface area contributed by atoms with Gasteiger partial charge in [-0.15, -0.1) is 0 Å². The highest BCUT2D eigenvalue weighted by molar-refractivity contribution is 5.90. The Hall–Kier alpha value is -0.830. The van der Waals surface area contributed by atoms with Gasteiger partial charge in [0.15, 0.2) is 5.78 Å². The Bertz CT molecular complexity index is 234. The molecule has 1 saturated heterocycles. The van der Waals surface area contributed by atoms with Crippen molar-refractivity contribution >= 4 is 5.78 Å². The summed E-state index contributed by atoms with van der Waals surface area (Å²) >= 11 is 0. The Morgan fingerprint density at radius 3 is 3.08 bits per heavy atom. The summed E-state index contributed by atoms with van der Waals surface area (Å²) in [6, 6.07) is 0. The van der Waals surface area contributed by atoms with E-state index >= 15 is 0 Å². The molecule has 1 fully saturated rings. The molecule has 0 aromatic rings. The number of rotatable bonds is 0. The molecule has 2 atom stereocenters. The lowest BCUT2D eigenvalue weighted by atomic mass is 9.94. The lowest BCUT2D eigenvalue weighted by Gasteiger charge is -2.32. The van der Waals surface area contributed by atoms with E-state index in [1.165, 1.54) is 12.3 Å². The Morgan fingerprint density at radius 1 is 1.67 bits per heavy atom. The van der Waals surface area contributed by atoms with Gasteiger partial charge in [0.05, 0.1) is 19.3 Å². The van der Waals surface area contributed by atoms with Crippen LogP contribution in [-0.4, -0.2) is 18.2 Å². The summed E-state index contributed by atoms with van der Waals surface area (Å²) in [5.41, 5.74) is 0. The van der Waals surface area contributed by atoms with Gasteiger partial charge in [0.1, 0.15) is 0 Å². The first-order valence-corrected chi connectivity index (χ1v) is 4.24. The van der Waals surface area contributed by atoms with Gasteiger partial charge < -0.3 is 9.47 Å². The summed E-state index contributed by atoms with van der Waals surface area (Å²) in [6.45, 7) is 2.75. The van der Waals surface area contributed by atoms with Crippen LogP contribution in [0.15, 0.2) is 12.3 Å². The van der Waals surface area contributed by atoms with Gasteiger partial charge in [-0.05, 0) is 6.42 Å². The first-order valence-electron chi connectivity index (χ1n) is 4.24. The minimum absolute atomic E-state index is 0.0926. The summed E-state index contributed by atoms with van der Waals surface area (Å²) < 4.78 is 10.9. The Morgan fingerprint density at radius 2 is 2.50 bits per heavy atom. The number of ketones is 1. The van der Waals surface area contributed by atoms with E-state index in [9.17, 15) is 4.79 Å². The van der Waals surface area contributed by atoms with Gasteiger partial charge in [-0.3, -0.25) is 4.79 Å². The summed E-state index contributed by atoms with van der Waals surface area (Å²) in [7, 11) is 0. The number of ether oxygens (including phenoxy) is 2. The summed E-state index contributed by atoms with van der Waals surface area (Å²) in [5, 5.41) is 0. The van der Waals surface area contributed by atoms with Crippen molar-refractivity contribution in [3.63, 3.8) is 0 Å². The van der Waals surface area contributed by atoms with Crippen LogP contribution in [0.3, 0.4) is 0 Å². The average Bonchev–Trinajstić information content (AvgIpc) is 2.33. The second kappa shape index (κ2) is 2.59. The number of carbonyl (C=O) groups excluding carboxylic acids is 1. The van der Waals surface area contributed by atoms with Crippen molar-refractivity contribution in [2.45, 2.75) is 25.6 Å². The molecule has 0 aromatic heterocycles. The molecule has 3 nitrogen and oxygen atoms in total. The molecule has 0 radical (unpaired) electrons. The highest BCUT2D eigenvalue weighted by atomic mass is 16.7. The van der Waals surface area contributed by atoms with Crippen LogP contribution in [0.5, 0.6) is 0 Å². The largest absolute Gasteiger partial charge is 0.469 e. The number of allylic oxidation sites excluding steroid dienone is 1. The van der Waals surface area contributed by atoms with E-state index in [2.05, 4.69) is 6.92 Å². The van der Waals surface area contributed by atoms with Gasteiger partial charge in [0.25, 0.3) is 0 Å². The normalized spacial score (nSPS) is 40.4. The van der Waals surface area contributed by atoms with E-state index in [4.69, 9.17) is 9.47 Å². The van der Waals surface area contributed by atoms with Crippen LogP contribution in [0.1, 0.15) is 19.8 Å². The van der Waals surface area contributed by atoms with Gasteiger partial charge in [0.2, 0.25) is 5.79 Å². The molecular weight excluding hydrogens is 156 g/mol. The third-order valence-electron chi connectivity index (χ3n) is 2.59. The quantitative estimate of drug-likeness (QED) is 0.546. The van der Waals surface area contributed by atoms with Gasteiger partial charge in [-0.2, -0.15) is 0 Å². The zero-order chi connectivity index (χ0) is 8.60. The SMILES string of the molecule is CC1CCOC12CC(=O)C=CO2. The summed E-state index contributed by atoms with van der Waals surface area (Å²) in [5.74, 6) is -0.229. The topological polar surface area (TPSA) is 35.5 Å². The lowest BCUT2D eigenvalue weighted by molar-refractivity contribution is -0.204. The van der Waals surface area contributed by atoms with Crippen molar-refractivity contribution in [1.29, 1.82) is 0 Å². The molecule has 0 bridgehead atoms. The maximum absolute atomic E-state index is 11.1. The molecule has 2 unspecified atom stereocenters. The van der Waals surface area contributed by atoms with Crippen LogP contribution in [0.4, 0.5) is 0 Å². The molecule has 66 valence electrons. The second-order valence-corrected chi connectivity index (χ2v) is 3.41. The van der Waals surface area contributed by atoms with E-state index < -0.39 is 5.79 Å². The van der Waals surface area contributed by atoms with Crippen LogP contribution in [0, 0.1) is 5.92 Å². The Labute approximate surface area is 71.3 Å². The average molecular weight is 168 g/mol. The maximum Gasteiger partial charge on any atom is 0.219 e. The smallest absolute Gasteiger partial charge is 0.219 e. The molecule has 0 aromatic carbocycles. The zero-order valence-corrected chi connectivity index (χ0v) is 7.08. The fourth-order valence-electron chi connectivity index (χ4n) is 1.71. The fourth-order valence-corrected chi connectivity index (χ4v) is 1.71. The van der Waals surface area contributed by atoms with Gasteiger partial charge >= 0.3 is 0 Å². The van der Waals surface area contributed by atoms with E-state index in [0.29, 0.717) is 18.9 Å². The molecule has 2 heterocycles. The minimum atomic E-state index is -0.633. The lowest BCUT2D eigenvalue weighted by Crippen LogP contribution is -2.39. The molecule has 0 saturated carbocycles. The third-order valence-corrected chi connectivity index (χ3v) is 2.59. The van der Waals surface area contributed by atoms with Crippen LogP contribution in [0.2, 0.25) is 0 Å².